The summed E-state index contributed by atoms with van der Waals surface area (Å²) in [6.07, 6.45) is 5.02. The number of amides is 1. The van der Waals surface area contributed by atoms with E-state index in [-0.39, 0.29) is 30.6 Å². The highest BCUT2D eigenvalue weighted by Crippen LogP contribution is 2.31. The van der Waals surface area contributed by atoms with E-state index in [0.29, 0.717) is 11.5 Å². The lowest BCUT2D eigenvalue weighted by atomic mass is 10.0. The smallest absolute Gasteiger partial charge is 0.277 e. The first kappa shape index (κ1) is 26.2. The quantitative estimate of drug-likeness (QED) is 0.202. The number of hydrogen-bond donors (Lipinski definition) is 3. The molecule has 0 bridgehead atoms. The lowest BCUT2D eigenvalue weighted by Crippen LogP contribution is -2.34. The lowest BCUT2D eigenvalue weighted by Gasteiger charge is -2.18. The molecule has 4 aromatic heterocycles. The van der Waals surface area contributed by atoms with Gasteiger partial charge in [-0.05, 0) is 42.8 Å². The van der Waals surface area contributed by atoms with Crippen molar-refractivity contribution in [3.63, 3.8) is 0 Å². The summed E-state index contributed by atoms with van der Waals surface area (Å²) in [7, 11) is 0. The SMILES string of the molecule is C[C@H](Nc1cnc(-c2ccccc2)n(CC(=O)NCc2cc3cnccc3[nH]2)c1=O)c1ccc2oc3ccccc3c2c1. The van der Waals surface area contributed by atoms with Crippen LogP contribution in [0, 0.1) is 0 Å². The molecular weight excluding hydrogens is 540 g/mol. The third-order valence-electron chi connectivity index (χ3n) is 7.61. The fraction of sp³-hybridized carbons (Fsp3) is 0.118. The normalized spacial score (nSPS) is 12.1. The molecule has 0 radical (unpaired) electrons. The summed E-state index contributed by atoms with van der Waals surface area (Å²) in [5.41, 5.74) is 5.14. The van der Waals surface area contributed by atoms with Crippen molar-refractivity contribution in [2.24, 2.45) is 0 Å². The highest BCUT2D eigenvalue weighted by Gasteiger charge is 2.18. The molecule has 0 aliphatic heterocycles. The van der Waals surface area contributed by atoms with Crippen LogP contribution in [0.15, 0.2) is 113 Å². The maximum Gasteiger partial charge on any atom is 0.277 e. The van der Waals surface area contributed by atoms with E-state index < -0.39 is 0 Å². The summed E-state index contributed by atoms with van der Waals surface area (Å²) >= 11 is 0. The molecule has 7 rings (SSSR count). The number of aromatic nitrogens is 4. The molecule has 3 aromatic carbocycles. The molecule has 1 atom stereocenters. The second-order valence-electron chi connectivity index (χ2n) is 10.5. The molecule has 0 aliphatic carbocycles. The van der Waals surface area contributed by atoms with Gasteiger partial charge in [0.1, 0.15) is 29.2 Å². The van der Waals surface area contributed by atoms with E-state index >= 15 is 0 Å². The van der Waals surface area contributed by atoms with Crippen LogP contribution in [0.1, 0.15) is 24.2 Å². The molecule has 0 saturated carbocycles. The minimum absolute atomic E-state index is 0.186. The summed E-state index contributed by atoms with van der Waals surface area (Å²) in [5.74, 6) is 0.113. The van der Waals surface area contributed by atoms with E-state index in [9.17, 15) is 9.59 Å². The standard InChI is InChI=1S/C34H28N6O3/c1-21(23-11-12-31-27(16-23)26-9-5-6-10-30(26)43-31)38-29-19-37-33(22-7-3-2-4-8-22)40(34(29)42)20-32(41)36-18-25-15-24-17-35-14-13-28(24)39-25/h2-17,19,21,38-39H,18,20H2,1H3,(H,36,41)/t21-/m0/s1. The molecule has 0 saturated heterocycles. The van der Waals surface area contributed by atoms with Gasteiger partial charge in [-0.15, -0.1) is 0 Å². The number of H-pyrrole nitrogens is 1. The fourth-order valence-corrected chi connectivity index (χ4v) is 5.41. The van der Waals surface area contributed by atoms with Gasteiger partial charge in [0.15, 0.2) is 0 Å². The van der Waals surface area contributed by atoms with E-state index in [1.54, 1.807) is 18.6 Å². The van der Waals surface area contributed by atoms with Gasteiger partial charge in [0, 0.05) is 51.4 Å². The van der Waals surface area contributed by atoms with Crippen molar-refractivity contribution in [1.29, 1.82) is 0 Å². The van der Waals surface area contributed by atoms with Crippen LogP contribution in [-0.4, -0.2) is 25.4 Å². The van der Waals surface area contributed by atoms with Crippen molar-refractivity contribution in [2.75, 3.05) is 5.32 Å². The molecule has 9 nitrogen and oxygen atoms in total. The molecule has 0 fully saturated rings. The summed E-state index contributed by atoms with van der Waals surface area (Å²) in [5, 5.41) is 9.27. The predicted molar refractivity (Wildman–Crippen MR) is 168 cm³/mol. The number of furan rings is 1. The third kappa shape index (κ3) is 5.12. The number of carbonyl (C=O) groups is 1. The molecule has 0 spiro atoms. The summed E-state index contributed by atoms with van der Waals surface area (Å²) in [4.78, 5) is 39.0. The van der Waals surface area contributed by atoms with Crippen molar-refractivity contribution in [1.82, 2.24) is 24.8 Å². The summed E-state index contributed by atoms with van der Waals surface area (Å²) in [6, 6.07) is 26.9. The minimum Gasteiger partial charge on any atom is -0.456 e. The molecule has 9 heteroatoms. The Morgan fingerprint density at radius 2 is 1.77 bits per heavy atom. The average Bonchev–Trinajstić information content (AvgIpc) is 3.63. The molecule has 212 valence electrons. The number of rotatable bonds is 8. The summed E-state index contributed by atoms with van der Waals surface area (Å²) in [6.45, 7) is 2.09. The number of nitrogens with zero attached hydrogens (tertiary/aromatic N) is 3. The Labute approximate surface area is 246 Å². The van der Waals surface area contributed by atoms with Gasteiger partial charge in [0.25, 0.3) is 5.56 Å². The monoisotopic (exact) mass is 568 g/mol. The highest BCUT2D eigenvalue weighted by molar-refractivity contribution is 6.05. The number of hydrogen-bond acceptors (Lipinski definition) is 6. The van der Waals surface area contributed by atoms with E-state index in [2.05, 4.69) is 31.7 Å². The number of pyridine rings is 1. The van der Waals surface area contributed by atoms with Crippen LogP contribution >= 0.6 is 0 Å². The molecule has 3 N–H and O–H groups in total. The van der Waals surface area contributed by atoms with Crippen LogP contribution in [-0.2, 0) is 17.9 Å². The van der Waals surface area contributed by atoms with Crippen molar-refractivity contribution in [3.8, 4) is 11.4 Å². The van der Waals surface area contributed by atoms with Crippen LogP contribution in [0.2, 0.25) is 0 Å². The van der Waals surface area contributed by atoms with Crippen LogP contribution in [0.25, 0.3) is 44.2 Å². The largest absolute Gasteiger partial charge is 0.456 e. The summed E-state index contributed by atoms with van der Waals surface area (Å²) < 4.78 is 7.39. The van der Waals surface area contributed by atoms with Gasteiger partial charge in [-0.2, -0.15) is 0 Å². The van der Waals surface area contributed by atoms with Gasteiger partial charge in [0.2, 0.25) is 5.91 Å². The van der Waals surface area contributed by atoms with Crippen molar-refractivity contribution < 1.29 is 9.21 Å². The number of benzene rings is 3. The van der Waals surface area contributed by atoms with Gasteiger partial charge in [0.05, 0.1) is 12.7 Å². The van der Waals surface area contributed by atoms with Crippen molar-refractivity contribution >= 4 is 44.4 Å². The molecule has 0 unspecified atom stereocenters. The van der Waals surface area contributed by atoms with E-state index in [0.717, 1.165) is 49.7 Å². The van der Waals surface area contributed by atoms with Crippen LogP contribution in [0.4, 0.5) is 5.69 Å². The molecule has 0 aliphatic rings. The average molecular weight is 569 g/mol. The predicted octanol–water partition coefficient (Wildman–Crippen LogP) is 6.18. The van der Waals surface area contributed by atoms with Gasteiger partial charge in [-0.1, -0.05) is 54.6 Å². The van der Waals surface area contributed by atoms with Gasteiger partial charge in [-0.25, -0.2) is 4.98 Å². The number of carbonyl (C=O) groups excluding carboxylic acids is 1. The first-order chi connectivity index (χ1) is 21.0. The van der Waals surface area contributed by atoms with E-state index in [1.165, 1.54) is 4.57 Å². The Morgan fingerprint density at radius 3 is 2.63 bits per heavy atom. The highest BCUT2D eigenvalue weighted by atomic mass is 16.3. The van der Waals surface area contributed by atoms with Crippen LogP contribution < -0.4 is 16.2 Å². The van der Waals surface area contributed by atoms with Gasteiger partial charge < -0.3 is 20.0 Å². The third-order valence-corrected chi connectivity index (χ3v) is 7.61. The zero-order valence-corrected chi connectivity index (χ0v) is 23.4. The van der Waals surface area contributed by atoms with E-state index in [1.807, 2.05) is 85.8 Å². The van der Waals surface area contributed by atoms with Crippen molar-refractivity contribution in [2.45, 2.75) is 26.1 Å². The first-order valence-electron chi connectivity index (χ1n) is 14.0. The Morgan fingerprint density at radius 1 is 0.953 bits per heavy atom. The molecule has 1 amide bonds. The second kappa shape index (κ2) is 10.9. The zero-order chi connectivity index (χ0) is 29.3. The molecular formula is C34H28N6O3. The van der Waals surface area contributed by atoms with Crippen molar-refractivity contribution in [3.05, 3.63) is 125 Å². The topological polar surface area (TPSA) is 118 Å². The molecule has 4 heterocycles. The lowest BCUT2D eigenvalue weighted by molar-refractivity contribution is -0.121. The number of aromatic amines is 1. The second-order valence-corrected chi connectivity index (χ2v) is 10.5. The number of nitrogens with one attached hydrogen (secondary N) is 3. The van der Waals surface area contributed by atoms with E-state index in [4.69, 9.17) is 4.42 Å². The number of para-hydroxylation sites is 1. The Hall–Kier alpha value is -5.70. The molecule has 43 heavy (non-hydrogen) atoms. The van der Waals surface area contributed by atoms with Crippen LogP contribution in [0.3, 0.4) is 0 Å². The number of fused-ring (bicyclic) bond motifs is 4. The van der Waals surface area contributed by atoms with Gasteiger partial charge in [-0.3, -0.25) is 19.1 Å². The Kier molecular flexibility index (Phi) is 6.67. The van der Waals surface area contributed by atoms with Gasteiger partial charge >= 0.3 is 0 Å². The zero-order valence-electron chi connectivity index (χ0n) is 23.4. The Bertz CT molecular complexity index is 2130. The fourth-order valence-electron chi connectivity index (χ4n) is 5.41. The first-order valence-corrected chi connectivity index (χ1v) is 14.0. The maximum atomic E-state index is 13.9. The maximum absolute atomic E-state index is 13.9. The number of anilines is 1. The molecule has 7 aromatic rings. The Balaban J connectivity index is 1.16. The minimum atomic E-state index is -0.331. The van der Waals surface area contributed by atoms with Crippen LogP contribution in [0.5, 0.6) is 0 Å².